The number of nitrogens with zero attached hydrogens (tertiary/aromatic N) is 3. The highest BCUT2D eigenvalue weighted by Gasteiger charge is 2.12. The van der Waals surface area contributed by atoms with Gasteiger partial charge in [-0.1, -0.05) is 4.49 Å². The van der Waals surface area contributed by atoms with E-state index in [0.29, 0.717) is 11.6 Å². The van der Waals surface area contributed by atoms with Crippen LogP contribution in [0.2, 0.25) is 0 Å². The van der Waals surface area contributed by atoms with Gasteiger partial charge in [-0.2, -0.15) is 0 Å². The van der Waals surface area contributed by atoms with Crippen molar-refractivity contribution in [3.63, 3.8) is 0 Å². The van der Waals surface area contributed by atoms with Crippen LogP contribution in [-0.4, -0.2) is 29.3 Å². The largest absolute Gasteiger partial charge is 0.449 e. The molecule has 0 radical (unpaired) electrons. The van der Waals surface area contributed by atoms with Gasteiger partial charge in [-0.05, 0) is 6.92 Å². The van der Waals surface area contributed by atoms with Crippen molar-refractivity contribution in [2.75, 3.05) is 18.6 Å². The van der Waals surface area contributed by atoms with Crippen LogP contribution < -0.4 is 4.90 Å². The summed E-state index contributed by atoms with van der Waals surface area (Å²) >= 11 is 1.15. The van der Waals surface area contributed by atoms with E-state index >= 15 is 0 Å². The quantitative estimate of drug-likeness (QED) is 0.696. The van der Waals surface area contributed by atoms with Crippen molar-refractivity contribution < 1.29 is 9.53 Å². The number of aromatic nitrogens is 2. The third-order valence-electron chi connectivity index (χ3n) is 1.22. The minimum atomic E-state index is -0.386. The maximum Gasteiger partial charge on any atom is 0.414 e. The van der Waals surface area contributed by atoms with Crippen LogP contribution in [0.25, 0.3) is 0 Å². The Hall–Kier alpha value is -1.17. The molecule has 0 aliphatic carbocycles. The lowest BCUT2D eigenvalue weighted by molar-refractivity contribution is 0.161. The smallest absolute Gasteiger partial charge is 0.414 e. The Morgan fingerprint density at radius 2 is 2.58 bits per heavy atom. The summed E-state index contributed by atoms with van der Waals surface area (Å²) in [7, 11) is 1.62. The van der Waals surface area contributed by atoms with E-state index in [0.717, 1.165) is 11.5 Å². The first-order chi connectivity index (χ1) is 5.75. The number of hydrogen-bond donors (Lipinski definition) is 0. The maximum atomic E-state index is 11.1. The molecule has 0 aliphatic rings. The fourth-order valence-electron chi connectivity index (χ4n) is 0.620. The SMILES string of the molecule is CCOC(=O)N(C)c1cnns1. The van der Waals surface area contributed by atoms with Crippen LogP contribution in [0.4, 0.5) is 9.80 Å². The average Bonchev–Trinajstić information content (AvgIpc) is 2.55. The predicted octanol–water partition coefficient (Wildman–Crippen LogP) is 1.13. The van der Waals surface area contributed by atoms with Crippen LogP contribution in [0, 0.1) is 0 Å². The highest BCUT2D eigenvalue weighted by Crippen LogP contribution is 2.15. The summed E-state index contributed by atoms with van der Waals surface area (Å²) in [6, 6.07) is 0. The number of ether oxygens (including phenoxy) is 1. The van der Waals surface area contributed by atoms with Crippen LogP contribution in [-0.2, 0) is 4.74 Å². The van der Waals surface area contributed by atoms with Gasteiger partial charge in [0.15, 0.2) is 0 Å². The number of rotatable bonds is 2. The fourth-order valence-corrected chi connectivity index (χ4v) is 1.09. The molecule has 1 aromatic rings. The van der Waals surface area contributed by atoms with Crippen LogP contribution in [0.1, 0.15) is 6.92 Å². The number of amides is 1. The van der Waals surface area contributed by atoms with Gasteiger partial charge in [0.1, 0.15) is 5.00 Å². The molecule has 1 heterocycles. The monoisotopic (exact) mass is 187 g/mol. The minimum absolute atomic E-state index is 0.370. The summed E-state index contributed by atoms with van der Waals surface area (Å²) in [5, 5.41) is 4.28. The standard InChI is InChI=1S/C6H9N3O2S/c1-3-11-6(10)9(2)5-4-7-8-12-5/h4H,3H2,1-2H3. The summed E-state index contributed by atoms with van der Waals surface area (Å²) < 4.78 is 8.39. The van der Waals surface area contributed by atoms with Gasteiger partial charge in [-0.15, -0.1) is 5.10 Å². The van der Waals surface area contributed by atoms with Crippen LogP contribution >= 0.6 is 11.5 Å². The van der Waals surface area contributed by atoms with Crippen molar-refractivity contribution >= 4 is 22.6 Å². The molecule has 0 fully saturated rings. The van der Waals surface area contributed by atoms with E-state index in [2.05, 4.69) is 9.59 Å². The summed E-state index contributed by atoms with van der Waals surface area (Å²) in [5.74, 6) is 0. The first kappa shape index (κ1) is 8.92. The molecule has 12 heavy (non-hydrogen) atoms. The normalized spacial score (nSPS) is 9.50. The summed E-state index contributed by atoms with van der Waals surface area (Å²) in [5.41, 5.74) is 0. The van der Waals surface area contributed by atoms with Gasteiger partial charge in [-0.3, -0.25) is 4.90 Å². The van der Waals surface area contributed by atoms with E-state index in [1.54, 1.807) is 14.0 Å². The molecule has 1 rings (SSSR count). The highest BCUT2D eigenvalue weighted by molar-refractivity contribution is 7.10. The van der Waals surface area contributed by atoms with Gasteiger partial charge in [-0.25, -0.2) is 4.79 Å². The topological polar surface area (TPSA) is 55.3 Å². The van der Waals surface area contributed by atoms with Crippen molar-refractivity contribution in [3.05, 3.63) is 6.20 Å². The molecule has 0 saturated heterocycles. The van der Waals surface area contributed by atoms with Gasteiger partial charge in [0, 0.05) is 18.6 Å². The molecular weight excluding hydrogens is 178 g/mol. The molecule has 0 spiro atoms. The van der Waals surface area contributed by atoms with Gasteiger partial charge in [0.05, 0.1) is 12.8 Å². The molecule has 0 saturated carbocycles. The maximum absolute atomic E-state index is 11.1. The molecule has 1 amide bonds. The molecule has 0 unspecified atom stereocenters. The van der Waals surface area contributed by atoms with Crippen LogP contribution in [0.5, 0.6) is 0 Å². The highest BCUT2D eigenvalue weighted by atomic mass is 32.1. The number of carbonyl (C=O) groups is 1. The molecule has 5 nitrogen and oxygen atoms in total. The second kappa shape index (κ2) is 4.01. The molecule has 6 heteroatoms. The molecule has 66 valence electrons. The lowest BCUT2D eigenvalue weighted by Gasteiger charge is -2.12. The lowest BCUT2D eigenvalue weighted by atomic mass is 10.7. The number of carbonyl (C=O) groups excluding carboxylic acids is 1. The number of hydrogen-bond acceptors (Lipinski definition) is 5. The van der Waals surface area contributed by atoms with Gasteiger partial charge in [0.2, 0.25) is 0 Å². The molecule has 0 aliphatic heterocycles. The fraction of sp³-hybridized carbons (Fsp3) is 0.500. The van der Waals surface area contributed by atoms with Crippen molar-refractivity contribution in [3.8, 4) is 0 Å². The van der Waals surface area contributed by atoms with E-state index in [-0.39, 0.29) is 6.09 Å². The van der Waals surface area contributed by atoms with Crippen molar-refractivity contribution in [1.29, 1.82) is 0 Å². The zero-order valence-corrected chi connectivity index (χ0v) is 7.67. The van der Waals surface area contributed by atoms with Crippen LogP contribution in [0.3, 0.4) is 0 Å². The zero-order chi connectivity index (χ0) is 8.97. The zero-order valence-electron chi connectivity index (χ0n) is 6.85. The second-order valence-electron chi connectivity index (χ2n) is 2.01. The Morgan fingerprint density at radius 1 is 1.83 bits per heavy atom. The van der Waals surface area contributed by atoms with E-state index in [1.807, 2.05) is 0 Å². The van der Waals surface area contributed by atoms with E-state index in [4.69, 9.17) is 4.74 Å². The molecule has 1 aromatic heterocycles. The molecule has 0 aromatic carbocycles. The Kier molecular flexibility index (Phi) is 2.98. The third kappa shape index (κ3) is 1.91. The molecule has 0 atom stereocenters. The summed E-state index contributed by atoms with van der Waals surface area (Å²) in [4.78, 5) is 12.5. The first-order valence-corrected chi connectivity index (χ1v) is 4.21. The van der Waals surface area contributed by atoms with Gasteiger partial charge in [0.25, 0.3) is 0 Å². The first-order valence-electron chi connectivity index (χ1n) is 3.43. The van der Waals surface area contributed by atoms with Crippen molar-refractivity contribution in [1.82, 2.24) is 9.59 Å². The summed E-state index contributed by atoms with van der Waals surface area (Å²) in [6.45, 7) is 2.13. The third-order valence-corrected chi connectivity index (χ3v) is 1.96. The Bertz CT molecular complexity index is 249. The number of anilines is 1. The Balaban J connectivity index is 2.59. The van der Waals surface area contributed by atoms with Crippen molar-refractivity contribution in [2.45, 2.75) is 6.92 Å². The van der Waals surface area contributed by atoms with Gasteiger partial charge < -0.3 is 4.74 Å². The summed E-state index contributed by atoms with van der Waals surface area (Å²) in [6.07, 6.45) is 1.13. The molecule has 0 bridgehead atoms. The van der Waals surface area contributed by atoms with E-state index in [1.165, 1.54) is 11.1 Å². The lowest BCUT2D eigenvalue weighted by Crippen LogP contribution is -2.26. The molecule has 0 N–H and O–H groups in total. The Labute approximate surface area is 74.1 Å². The second-order valence-corrected chi connectivity index (χ2v) is 2.78. The average molecular weight is 187 g/mol. The van der Waals surface area contributed by atoms with E-state index in [9.17, 15) is 4.79 Å². The Morgan fingerprint density at radius 3 is 3.08 bits per heavy atom. The van der Waals surface area contributed by atoms with Crippen LogP contribution in [0.15, 0.2) is 6.20 Å². The van der Waals surface area contributed by atoms with E-state index < -0.39 is 0 Å². The van der Waals surface area contributed by atoms with Gasteiger partial charge >= 0.3 is 6.09 Å². The predicted molar refractivity (Wildman–Crippen MR) is 45.3 cm³/mol. The minimum Gasteiger partial charge on any atom is -0.449 e. The molecular formula is C6H9N3O2S. The van der Waals surface area contributed by atoms with Crippen molar-refractivity contribution in [2.24, 2.45) is 0 Å².